The summed E-state index contributed by atoms with van der Waals surface area (Å²) in [7, 11) is 2.19. The van der Waals surface area contributed by atoms with Gasteiger partial charge < -0.3 is 10.0 Å². The third kappa shape index (κ3) is 4.79. The first-order chi connectivity index (χ1) is 5.02. The lowest BCUT2D eigenvalue weighted by atomic mass is 9.93. The lowest BCUT2D eigenvalue weighted by Gasteiger charge is -2.15. The predicted octanol–water partition coefficient (Wildman–Crippen LogP) is 1.05. The monoisotopic (exact) mass is 159 g/mol. The van der Waals surface area contributed by atoms with Crippen molar-refractivity contribution in [3.63, 3.8) is 0 Å². The number of carboxylic acid groups (broad SMARTS) is 1. The van der Waals surface area contributed by atoms with Crippen LogP contribution in [0.2, 0.25) is 0 Å². The molecule has 3 heteroatoms. The van der Waals surface area contributed by atoms with E-state index in [4.69, 9.17) is 9.90 Å². The van der Waals surface area contributed by atoms with Crippen LogP contribution < -0.4 is 0 Å². The molecule has 1 N–H and O–H groups in total. The Labute approximate surface area is 68.0 Å². The molecule has 0 spiro atoms. The van der Waals surface area contributed by atoms with Crippen LogP contribution in [0, 0.1) is 5.41 Å². The molecule has 0 aliphatic carbocycles. The molecule has 1 rings (SSSR count). The van der Waals surface area contributed by atoms with Crippen molar-refractivity contribution in [2.24, 2.45) is 5.41 Å². The lowest BCUT2D eigenvalue weighted by Crippen LogP contribution is -2.18. The summed E-state index contributed by atoms with van der Waals surface area (Å²) in [5, 5.41) is 6.89. The molecule has 3 nitrogen and oxygen atoms in total. The molecular weight excluding hydrogens is 142 g/mol. The molecule has 0 aromatic carbocycles. The van der Waals surface area contributed by atoms with Crippen LogP contribution in [0.1, 0.15) is 20.3 Å². The van der Waals surface area contributed by atoms with Crippen LogP contribution >= 0.6 is 0 Å². The summed E-state index contributed by atoms with van der Waals surface area (Å²) in [6.45, 7) is 6.97. The molecule has 0 unspecified atom stereocenters. The van der Waals surface area contributed by atoms with Crippen LogP contribution in [0.15, 0.2) is 0 Å². The average Bonchev–Trinajstić information content (AvgIpc) is 2.11. The molecule has 0 bridgehead atoms. The lowest BCUT2D eigenvalue weighted by molar-refractivity contribution is -0.122. The maximum Gasteiger partial charge on any atom is 0.290 e. The van der Waals surface area contributed by atoms with E-state index >= 15 is 0 Å². The van der Waals surface area contributed by atoms with E-state index in [9.17, 15) is 0 Å². The Hall–Kier alpha value is -0.570. The van der Waals surface area contributed by atoms with E-state index in [0.29, 0.717) is 5.41 Å². The van der Waals surface area contributed by atoms with Crippen LogP contribution in [-0.4, -0.2) is 36.6 Å². The fourth-order valence-electron chi connectivity index (χ4n) is 1.38. The fourth-order valence-corrected chi connectivity index (χ4v) is 1.38. The van der Waals surface area contributed by atoms with E-state index < -0.39 is 0 Å². The van der Waals surface area contributed by atoms with Crippen molar-refractivity contribution < 1.29 is 9.90 Å². The first-order valence-corrected chi connectivity index (χ1v) is 3.78. The summed E-state index contributed by atoms with van der Waals surface area (Å²) in [4.78, 5) is 10.8. The van der Waals surface area contributed by atoms with Crippen molar-refractivity contribution in [1.29, 1.82) is 0 Å². The number of hydrogen-bond acceptors (Lipinski definition) is 2. The Morgan fingerprint density at radius 3 is 2.09 bits per heavy atom. The number of likely N-dealkylation sites (tertiary alicyclic amines) is 1. The number of nitrogens with zero attached hydrogens (tertiary/aromatic N) is 1. The smallest absolute Gasteiger partial charge is 0.290 e. The van der Waals surface area contributed by atoms with Crippen LogP contribution in [0.25, 0.3) is 0 Å². The minimum absolute atomic E-state index is 0.250. The van der Waals surface area contributed by atoms with Crippen molar-refractivity contribution in [1.82, 2.24) is 4.90 Å². The largest absolute Gasteiger partial charge is 0.483 e. The van der Waals surface area contributed by atoms with Gasteiger partial charge in [0.2, 0.25) is 0 Å². The van der Waals surface area contributed by atoms with E-state index in [1.54, 1.807) is 0 Å². The highest BCUT2D eigenvalue weighted by Crippen LogP contribution is 2.26. The van der Waals surface area contributed by atoms with Gasteiger partial charge in [-0.2, -0.15) is 0 Å². The highest BCUT2D eigenvalue weighted by atomic mass is 16.3. The van der Waals surface area contributed by atoms with Gasteiger partial charge in [0, 0.05) is 6.54 Å². The van der Waals surface area contributed by atoms with Crippen molar-refractivity contribution in [2.75, 3.05) is 20.1 Å². The summed E-state index contributed by atoms with van der Waals surface area (Å²) < 4.78 is 0. The van der Waals surface area contributed by atoms with Crippen LogP contribution in [-0.2, 0) is 4.79 Å². The Bertz CT molecular complexity index is 123. The number of carbonyl (C=O) groups is 1. The van der Waals surface area contributed by atoms with Crippen LogP contribution in [0.4, 0.5) is 0 Å². The standard InChI is InChI=1S/C7H15N.CH2O2/c1-7(2)4-5-8(3)6-7;2-1-3/h4-6H2,1-3H3;1H,(H,2,3). The zero-order valence-corrected chi connectivity index (χ0v) is 7.50. The molecule has 11 heavy (non-hydrogen) atoms. The quantitative estimate of drug-likeness (QED) is 0.537. The van der Waals surface area contributed by atoms with Crippen LogP contribution in [0.5, 0.6) is 0 Å². The van der Waals surface area contributed by atoms with E-state index in [1.165, 1.54) is 19.5 Å². The highest BCUT2D eigenvalue weighted by molar-refractivity contribution is 5.32. The van der Waals surface area contributed by atoms with E-state index in [1.807, 2.05) is 0 Å². The zero-order chi connectivity index (χ0) is 8.91. The second-order valence-electron chi connectivity index (χ2n) is 3.76. The molecule has 0 amide bonds. The van der Waals surface area contributed by atoms with Gasteiger partial charge in [-0.05, 0) is 25.4 Å². The van der Waals surface area contributed by atoms with Gasteiger partial charge in [-0.3, -0.25) is 4.79 Å². The minimum Gasteiger partial charge on any atom is -0.483 e. The molecule has 0 saturated carbocycles. The topological polar surface area (TPSA) is 40.5 Å². The van der Waals surface area contributed by atoms with Crippen molar-refractivity contribution >= 4 is 6.47 Å². The third-order valence-corrected chi connectivity index (χ3v) is 1.87. The van der Waals surface area contributed by atoms with Crippen molar-refractivity contribution in [3.05, 3.63) is 0 Å². The maximum atomic E-state index is 8.36. The maximum absolute atomic E-state index is 8.36. The molecule has 1 fully saturated rings. The second-order valence-corrected chi connectivity index (χ2v) is 3.76. The van der Waals surface area contributed by atoms with E-state index in [2.05, 4.69) is 25.8 Å². The Morgan fingerprint density at radius 2 is 2.00 bits per heavy atom. The molecule has 0 atom stereocenters. The summed E-state index contributed by atoms with van der Waals surface area (Å²) in [5.41, 5.74) is 0.592. The molecule has 66 valence electrons. The summed E-state index contributed by atoms with van der Waals surface area (Å²) >= 11 is 0. The highest BCUT2D eigenvalue weighted by Gasteiger charge is 2.26. The minimum atomic E-state index is -0.250. The molecule has 1 heterocycles. The van der Waals surface area contributed by atoms with E-state index in [0.717, 1.165) is 0 Å². The molecule has 1 aliphatic heterocycles. The van der Waals surface area contributed by atoms with Gasteiger partial charge in [0.1, 0.15) is 0 Å². The van der Waals surface area contributed by atoms with Crippen molar-refractivity contribution in [2.45, 2.75) is 20.3 Å². The van der Waals surface area contributed by atoms with Gasteiger partial charge in [0.15, 0.2) is 0 Å². The summed E-state index contributed by atoms with van der Waals surface area (Å²) in [5.74, 6) is 0. The van der Waals surface area contributed by atoms with Gasteiger partial charge in [-0.15, -0.1) is 0 Å². The molecule has 0 aromatic heterocycles. The summed E-state index contributed by atoms with van der Waals surface area (Å²) in [6.07, 6.45) is 1.36. The number of rotatable bonds is 0. The summed E-state index contributed by atoms with van der Waals surface area (Å²) in [6, 6.07) is 0. The first kappa shape index (κ1) is 10.4. The van der Waals surface area contributed by atoms with Crippen molar-refractivity contribution in [3.8, 4) is 0 Å². The third-order valence-electron chi connectivity index (χ3n) is 1.87. The van der Waals surface area contributed by atoms with Gasteiger partial charge in [-0.25, -0.2) is 0 Å². The molecular formula is C8H17NO2. The second kappa shape index (κ2) is 4.34. The average molecular weight is 159 g/mol. The molecule has 0 aromatic rings. The Balaban J connectivity index is 0.000000292. The Morgan fingerprint density at radius 1 is 1.55 bits per heavy atom. The first-order valence-electron chi connectivity index (χ1n) is 3.78. The van der Waals surface area contributed by atoms with Crippen LogP contribution in [0.3, 0.4) is 0 Å². The van der Waals surface area contributed by atoms with Gasteiger partial charge >= 0.3 is 0 Å². The SMILES string of the molecule is CN1CCC(C)(C)C1.O=CO. The molecule has 0 radical (unpaired) electrons. The van der Waals surface area contributed by atoms with Gasteiger partial charge in [-0.1, -0.05) is 13.8 Å². The van der Waals surface area contributed by atoms with Gasteiger partial charge in [0.25, 0.3) is 6.47 Å². The fraction of sp³-hybridized carbons (Fsp3) is 0.875. The molecule has 1 aliphatic rings. The predicted molar refractivity (Wildman–Crippen MR) is 44.6 cm³/mol. The number of hydrogen-bond donors (Lipinski definition) is 1. The Kier molecular flexibility index (Phi) is 4.11. The van der Waals surface area contributed by atoms with E-state index in [-0.39, 0.29) is 6.47 Å². The zero-order valence-electron chi connectivity index (χ0n) is 7.50. The van der Waals surface area contributed by atoms with Gasteiger partial charge in [0.05, 0.1) is 0 Å². The molecule has 1 saturated heterocycles. The normalized spacial score (nSPS) is 22.1.